The van der Waals surface area contributed by atoms with Crippen molar-refractivity contribution in [2.24, 2.45) is 0 Å². The van der Waals surface area contributed by atoms with E-state index in [1.165, 1.54) is 0 Å². The molecule has 0 bridgehead atoms. The molecule has 26 heavy (non-hydrogen) atoms. The fourth-order valence-electron chi connectivity index (χ4n) is 1.87. The van der Waals surface area contributed by atoms with Gasteiger partial charge in [0, 0.05) is 0 Å². The van der Waals surface area contributed by atoms with Crippen molar-refractivity contribution >= 4 is 48.9 Å². The summed E-state index contributed by atoms with van der Waals surface area (Å²) < 4.78 is 1.74. The van der Waals surface area contributed by atoms with Gasteiger partial charge >= 0.3 is 0 Å². The SMILES string of the molecule is S=c1nc(Cc2nc(=S)[nH][nH]2)[nH][nH]1.S=c1nc(Cc2nc(=S)[nH][nH]2)[nH][nH]1. The lowest BCUT2D eigenvalue weighted by molar-refractivity contribution is 0.899. The van der Waals surface area contributed by atoms with Gasteiger partial charge < -0.3 is 0 Å². The average Bonchev–Trinajstić information content (AvgIpc) is 3.35. The van der Waals surface area contributed by atoms with E-state index in [0.29, 0.717) is 31.9 Å². The summed E-state index contributed by atoms with van der Waals surface area (Å²) in [6.07, 6.45) is 1.08. The second-order valence-corrected chi connectivity index (χ2v) is 6.35. The molecule has 0 aliphatic heterocycles. The highest BCUT2D eigenvalue weighted by atomic mass is 32.1. The summed E-state index contributed by atoms with van der Waals surface area (Å²) in [7, 11) is 0. The predicted molar refractivity (Wildman–Crippen MR) is 101 cm³/mol. The molecule has 136 valence electrons. The molecule has 0 saturated carbocycles. The van der Waals surface area contributed by atoms with Gasteiger partial charge in [0.05, 0.1) is 12.8 Å². The predicted octanol–water partition coefficient (Wildman–Crippen LogP) is 1.68. The van der Waals surface area contributed by atoms with Crippen LogP contribution in [0.5, 0.6) is 0 Å². The summed E-state index contributed by atoms with van der Waals surface area (Å²) >= 11 is 19.2. The van der Waals surface area contributed by atoms with Crippen molar-refractivity contribution < 1.29 is 0 Å². The number of aromatic amines is 8. The summed E-state index contributed by atoms with van der Waals surface area (Å²) in [4.78, 5) is 16.0. The Labute approximate surface area is 164 Å². The second kappa shape index (κ2) is 8.21. The van der Waals surface area contributed by atoms with Crippen LogP contribution in [0, 0.1) is 19.1 Å². The van der Waals surface area contributed by atoms with Crippen LogP contribution in [0.1, 0.15) is 23.3 Å². The molecule has 4 aromatic heterocycles. The Morgan fingerprint density at radius 2 is 0.654 bits per heavy atom. The van der Waals surface area contributed by atoms with E-state index >= 15 is 0 Å². The van der Waals surface area contributed by atoms with Gasteiger partial charge in [-0.25, -0.2) is 19.9 Å². The van der Waals surface area contributed by atoms with E-state index in [2.05, 4.69) is 60.7 Å². The number of hydrogen-bond acceptors (Lipinski definition) is 8. The van der Waals surface area contributed by atoms with E-state index in [0.717, 1.165) is 23.3 Å². The second-order valence-electron chi connectivity index (χ2n) is 4.81. The van der Waals surface area contributed by atoms with Crippen molar-refractivity contribution in [2.75, 3.05) is 0 Å². The molecule has 0 aliphatic rings. The van der Waals surface area contributed by atoms with Crippen LogP contribution in [-0.4, -0.2) is 60.7 Å². The van der Waals surface area contributed by atoms with Crippen molar-refractivity contribution in [3.8, 4) is 0 Å². The first-order valence-electron chi connectivity index (χ1n) is 7.02. The van der Waals surface area contributed by atoms with Gasteiger partial charge in [0.2, 0.25) is 19.1 Å². The minimum atomic E-state index is 0.434. The van der Waals surface area contributed by atoms with Crippen molar-refractivity contribution in [2.45, 2.75) is 12.8 Å². The van der Waals surface area contributed by atoms with Crippen LogP contribution in [0.4, 0.5) is 0 Å². The third kappa shape index (κ3) is 5.22. The van der Waals surface area contributed by atoms with Crippen molar-refractivity contribution in [3.63, 3.8) is 0 Å². The minimum Gasteiger partial charge on any atom is -0.285 e. The Kier molecular flexibility index (Phi) is 5.76. The molecule has 0 unspecified atom stereocenters. The molecule has 8 N–H and O–H groups in total. The molecule has 0 amide bonds. The van der Waals surface area contributed by atoms with E-state index in [1.54, 1.807) is 0 Å². The lowest BCUT2D eigenvalue weighted by Gasteiger charge is -1.88. The lowest BCUT2D eigenvalue weighted by atomic mass is 10.4. The Morgan fingerprint density at radius 3 is 0.808 bits per heavy atom. The van der Waals surface area contributed by atoms with Crippen LogP contribution in [0.2, 0.25) is 0 Å². The molecule has 0 aliphatic carbocycles. The highest BCUT2D eigenvalue weighted by Crippen LogP contribution is 1.97. The summed E-state index contributed by atoms with van der Waals surface area (Å²) in [5, 5.41) is 22.0. The largest absolute Gasteiger partial charge is 0.285 e. The zero-order chi connectivity index (χ0) is 18.5. The van der Waals surface area contributed by atoms with Crippen LogP contribution in [0.15, 0.2) is 0 Å². The van der Waals surface area contributed by atoms with Crippen LogP contribution >= 0.6 is 48.9 Å². The molecule has 4 heterocycles. The molecule has 4 aromatic rings. The van der Waals surface area contributed by atoms with Crippen LogP contribution in [-0.2, 0) is 12.8 Å². The Balaban J connectivity index is 0.000000151. The van der Waals surface area contributed by atoms with Gasteiger partial charge in [-0.2, -0.15) is 0 Å². The number of rotatable bonds is 4. The first-order valence-corrected chi connectivity index (χ1v) is 8.65. The molecular weight excluding hydrogens is 416 g/mol. The van der Waals surface area contributed by atoms with Gasteiger partial charge in [0.25, 0.3) is 0 Å². The molecule has 0 fully saturated rings. The number of nitrogens with zero attached hydrogens (tertiary/aromatic N) is 4. The van der Waals surface area contributed by atoms with Crippen molar-refractivity contribution in [1.29, 1.82) is 0 Å². The molecular formula is C10H12N12S4. The van der Waals surface area contributed by atoms with E-state index < -0.39 is 0 Å². The third-order valence-corrected chi connectivity index (χ3v) is 3.64. The Bertz CT molecular complexity index is 1000. The topological polar surface area (TPSA) is 178 Å². The molecule has 0 saturated heterocycles. The quantitative estimate of drug-likeness (QED) is 0.226. The summed E-state index contributed by atoms with van der Waals surface area (Å²) in [5.41, 5.74) is 0. The van der Waals surface area contributed by atoms with E-state index in [-0.39, 0.29) is 0 Å². The molecule has 16 heteroatoms. The van der Waals surface area contributed by atoms with Gasteiger partial charge in [-0.15, -0.1) is 0 Å². The number of H-pyrrole nitrogens is 8. The third-order valence-electron chi connectivity index (χ3n) is 2.87. The van der Waals surface area contributed by atoms with Gasteiger partial charge in [-0.05, 0) is 48.9 Å². The molecule has 0 radical (unpaired) electrons. The highest BCUT2D eigenvalue weighted by Gasteiger charge is 2.02. The lowest BCUT2D eigenvalue weighted by Crippen LogP contribution is -1.93. The maximum atomic E-state index is 4.80. The van der Waals surface area contributed by atoms with E-state index in [4.69, 9.17) is 48.9 Å². The van der Waals surface area contributed by atoms with Crippen LogP contribution in [0.3, 0.4) is 0 Å². The van der Waals surface area contributed by atoms with Crippen molar-refractivity contribution in [3.05, 3.63) is 42.4 Å². The average molecular weight is 429 g/mol. The first-order chi connectivity index (χ1) is 12.5. The van der Waals surface area contributed by atoms with Gasteiger partial charge in [-0.1, -0.05) is 0 Å². The van der Waals surface area contributed by atoms with Crippen LogP contribution in [0.25, 0.3) is 0 Å². The zero-order valence-electron chi connectivity index (χ0n) is 12.8. The normalized spacial score (nSPS) is 10.5. The monoisotopic (exact) mass is 428 g/mol. The standard InChI is InChI=1S/2C5H6N6S2/c2*12-4-6-2(8-10-4)1-3-7-5(13)11-9-3/h2*1H2,(H2,6,8,10,12)(H2,7,9,11,13). The maximum Gasteiger partial charge on any atom is 0.213 e. The molecule has 4 rings (SSSR count). The van der Waals surface area contributed by atoms with Gasteiger partial charge in [0.1, 0.15) is 23.3 Å². The number of hydrogen-bond donors (Lipinski definition) is 8. The first kappa shape index (κ1) is 18.2. The Morgan fingerprint density at radius 1 is 0.423 bits per heavy atom. The molecule has 0 atom stereocenters. The van der Waals surface area contributed by atoms with Crippen molar-refractivity contribution in [1.82, 2.24) is 60.7 Å². The van der Waals surface area contributed by atoms with E-state index in [9.17, 15) is 0 Å². The molecule has 12 nitrogen and oxygen atoms in total. The summed E-state index contributed by atoms with van der Waals surface area (Å²) in [6.45, 7) is 0. The zero-order valence-corrected chi connectivity index (χ0v) is 16.1. The fraction of sp³-hybridized carbons (Fsp3) is 0.200. The number of aromatic nitrogens is 12. The summed E-state index contributed by atoms with van der Waals surface area (Å²) in [6, 6.07) is 0. The fourth-order valence-corrected chi connectivity index (χ4v) is 2.51. The van der Waals surface area contributed by atoms with Gasteiger partial charge in [0.15, 0.2) is 0 Å². The van der Waals surface area contributed by atoms with Gasteiger partial charge in [-0.3, -0.25) is 40.8 Å². The van der Waals surface area contributed by atoms with E-state index in [1.807, 2.05) is 0 Å². The molecule has 0 aromatic carbocycles. The smallest absolute Gasteiger partial charge is 0.213 e. The maximum absolute atomic E-state index is 4.80. The highest BCUT2D eigenvalue weighted by molar-refractivity contribution is 7.71. The minimum absolute atomic E-state index is 0.434. The summed E-state index contributed by atoms with van der Waals surface area (Å²) in [5.74, 6) is 2.90. The molecule has 0 spiro atoms. The van der Waals surface area contributed by atoms with Crippen LogP contribution < -0.4 is 0 Å². The Hall–Kier alpha value is -2.56. The number of nitrogens with one attached hydrogen (secondary N) is 8.